The van der Waals surface area contributed by atoms with E-state index in [9.17, 15) is 10.1 Å². The summed E-state index contributed by atoms with van der Waals surface area (Å²) >= 11 is 5.20. The van der Waals surface area contributed by atoms with E-state index in [1.54, 1.807) is 13.0 Å². The predicted molar refractivity (Wildman–Crippen MR) is 76.0 cm³/mol. The van der Waals surface area contributed by atoms with Crippen LogP contribution in [0.1, 0.15) is 19.4 Å². The van der Waals surface area contributed by atoms with Crippen LogP contribution >= 0.6 is 6.72 Å². The van der Waals surface area contributed by atoms with Crippen LogP contribution in [0.4, 0.5) is 5.69 Å². The van der Waals surface area contributed by atoms with Gasteiger partial charge >= 0.3 is 6.72 Å². The average molecular weight is 305 g/mol. The Hall–Kier alpha value is -1.01. The highest BCUT2D eigenvalue weighted by atomic mass is 32.5. The maximum absolute atomic E-state index is 10.7. The number of benzene rings is 1. The van der Waals surface area contributed by atoms with Crippen molar-refractivity contribution in [2.75, 3.05) is 7.11 Å². The Morgan fingerprint density at radius 1 is 1.42 bits per heavy atom. The Labute approximate surface area is 117 Å². The van der Waals surface area contributed by atoms with Gasteiger partial charge in [-0.3, -0.25) is 14.6 Å². The van der Waals surface area contributed by atoms with Crippen LogP contribution in [0, 0.1) is 17.0 Å². The number of nitro groups is 1. The lowest BCUT2D eigenvalue weighted by Crippen LogP contribution is -2.06. The molecule has 0 heterocycles. The third-order valence-corrected chi connectivity index (χ3v) is 4.64. The number of aryl methyl sites for hydroxylation is 1. The fourth-order valence-corrected chi connectivity index (χ4v) is 3.25. The summed E-state index contributed by atoms with van der Waals surface area (Å²) in [5.41, 5.74) is 0.521. The minimum absolute atomic E-state index is 0.0304. The zero-order valence-electron chi connectivity index (χ0n) is 11.2. The summed E-state index contributed by atoms with van der Waals surface area (Å²) in [7, 11) is 1.42. The molecule has 0 aliphatic carbocycles. The summed E-state index contributed by atoms with van der Waals surface area (Å²) < 4.78 is 16.1. The van der Waals surface area contributed by atoms with Gasteiger partial charge in [0.25, 0.3) is 5.69 Å². The smallest absolute Gasteiger partial charge is 0.380 e. The Morgan fingerprint density at radius 2 is 2.05 bits per heavy atom. The van der Waals surface area contributed by atoms with Crippen LogP contribution in [-0.4, -0.2) is 18.1 Å². The highest BCUT2D eigenvalue weighted by Gasteiger charge is 2.23. The molecule has 1 rings (SSSR count). The van der Waals surface area contributed by atoms with E-state index < -0.39 is 11.6 Å². The normalized spacial score (nSPS) is 14.2. The molecule has 0 aromatic heterocycles. The van der Waals surface area contributed by atoms with Crippen LogP contribution in [0.2, 0.25) is 0 Å². The topological polar surface area (TPSA) is 70.8 Å². The van der Waals surface area contributed by atoms with Crippen molar-refractivity contribution in [2.24, 2.45) is 0 Å². The number of nitro benzene ring substituents is 1. The Balaban J connectivity index is 2.96. The maximum atomic E-state index is 10.7. The molecule has 6 nitrogen and oxygen atoms in total. The van der Waals surface area contributed by atoms with Crippen molar-refractivity contribution in [3.05, 3.63) is 33.9 Å². The highest BCUT2D eigenvalue weighted by Crippen LogP contribution is 2.50. The predicted octanol–water partition coefficient (Wildman–Crippen LogP) is 3.58. The summed E-state index contributed by atoms with van der Waals surface area (Å²) in [6, 6.07) is 4.39. The average Bonchev–Trinajstić information content (AvgIpc) is 2.27. The van der Waals surface area contributed by atoms with E-state index in [0.29, 0.717) is 11.3 Å². The van der Waals surface area contributed by atoms with Crippen molar-refractivity contribution in [2.45, 2.75) is 26.9 Å². The van der Waals surface area contributed by atoms with E-state index >= 15 is 0 Å². The van der Waals surface area contributed by atoms with Gasteiger partial charge in [0.1, 0.15) is 5.75 Å². The second kappa shape index (κ2) is 6.43. The Morgan fingerprint density at radius 3 is 2.47 bits per heavy atom. The lowest BCUT2D eigenvalue weighted by molar-refractivity contribution is -0.385. The van der Waals surface area contributed by atoms with Crippen LogP contribution in [-0.2, 0) is 20.9 Å². The van der Waals surface area contributed by atoms with E-state index in [0.717, 1.165) is 0 Å². The molecule has 8 heteroatoms. The molecule has 1 atom stereocenters. The molecule has 0 radical (unpaired) electrons. The number of hydrogen-bond acceptors (Lipinski definition) is 6. The van der Waals surface area contributed by atoms with Crippen LogP contribution in [0.3, 0.4) is 0 Å². The van der Waals surface area contributed by atoms with Gasteiger partial charge in [0.05, 0.1) is 11.0 Å². The standard InChI is InChI=1S/C11H16NO5PS/c1-8(2)16-18(19,15-4)17-10-5-6-11(12(13)14)9(3)7-10/h5-8H,1-4H3. The van der Waals surface area contributed by atoms with Gasteiger partial charge in [-0.05, 0) is 32.9 Å². The molecule has 0 bridgehead atoms. The van der Waals surface area contributed by atoms with Gasteiger partial charge in [-0.1, -0.05) is 0 Å². The van der Waals surface area contributed by atoms with Gasteiger partial charge < -0.3 is 9.05 Å². The monoisotopic (exact) mass is 305 g/mol. The molecule has 106 valence electrons. The molecule has 0 amide bonds. The van der Waals surface area contributed by atoms with Crippen molar-refractivity contribution < 1.29 is 18.5 Å². The maximum Gasteiger partial charge on any atom is 0.380 e. The molecular weight excluding hydrogens is 289 g/mol. The van der Waals surface area contributed by atoms with Gasteiger partial charge in [0.2, 0.25) is 0 Å². The van der Waals surface area contributed by atoms with Gasteiger partial charge in [-0.25, -0.2) is 0 Å². The molecular formula is C11H16NO5PS. The largest absolute Gasteiger partial charge is 0.424 e. The summed E-state index contributed by atoms with van der Waals surface area (Å²) in [5.74, 6) is 0.397. The molecule has 0 fully saturated rings. The zero-order valence-corrected chi connectivity index (χ0v) is 12.9. The van der Waals surface area contributed by atoms with Crippen molar-refractivity contribution in [3.63, 3.8) is 0 Å². The minimum Gasteiger partial charge on any atom is -0.424 e. The van der Waals surface area contributed by atoms with E-state index in [2.05, 4.69) is 0 Å². The fraction of sp³-hybridized carbons (Fsp3) is 0.455. The number of rotatable bonds is 6. The molecule has 0 aliphatic heterocycles. The van der Waals surface area contributed by atoms with Crippen molar-refractivity contribution in [3.8, 4) is 5.75 Å². The zero-order chi connectivity index (χ0) is 14.6. The number of nitrogens with zero attached hydrogens (tertiary/aromatic N) is 1. The lowest BCUT2D eigenvalue weighted by Gasteiger charge is -2.22. The van der Waals surface area contributed by atoms with Crippen molar-refractivity contribution in [1.29, 1.82) is 0 Å². The molecule has 1 aromatic carbocycles. The Bertz CT molecular complexity index is 520. The molecule has 0 saturated carbocycles. The first kappa shape index (κ1) is 16.0. The van der Waals surface area contributed by atoms with Gasteiger partial charge in [-0.15, -0.1) is 0 Å². The van der Waals surface area contributed by atoms with Crippen molar-refractivity contribution >= 4 is 24.2 Å². The Kier molecular flexibility index (Phi) is 5.43. The second-order valence-corrected chi connectivity index (χ2v) is 7.08. The third-order valence-electron chi connectivity index (χ3n) is 2.15. The summed E-state index contributed by atoms with van der Waals surface area (Å²) in [6.45, 7) is 2.40. The van der Waals surface area contributed by atoms with Crippen molar-refractivity contribution in [1.82, 2.24) is 0 Å². The van der Waals surface area contributed by atoms with Crippen LogP contribution in [0.25, 0.3) is 0 Å². The van der Waals surface area contributed by atoms with E-state index in [4.69, 9.17) is 25.4 Å². The summed E-state index contributed by atoms with van der Waals surface area (Å²) in [4.78, 5) is 10.3. The van der Waals surface area contributed by atoms with Crippen LogP contribution in [0.5, 0.6) is 5.75 Å². The van der Waals surface area contributed by atoms with Crippen LogP contribution < -0.4 is 4.52 Å². The molecule has 19 heavy (non-hydrogen) atoms. The van der Waals surface area contributed by atoms with Gasteiger partial charge in [0.15, 0.2) is 0 Å². The first-order valence-electron chi connectivity index (χ1n) is 5.56. The first-order chi connectivity index (χ1) is 8.77. The quantitative estimate of drug-likeness (QED) is 0.454. The fourth-order valence-electron chi connectivity index (χ4n) is 1.38. The number of hydrogen-bond donors (Lipinski definition) is 0. The minimum atomic E-state index is -2.87. The lowest BCUT2D eigenvalue weighted by atomic mass is 10.2. The molecule has 1 unspecified atom stereocenters. The second-order valence-electron chi connectivity index (χ2n) is 4.08. The highest BCUT2D eigenvalue weighted by molar-refractivity contribution is 8.07. The van der Waals surface area contributed by atoms with Crippen LogP contribution in [0.15, 0.2) is 18.2 Å². The molecule has 1 aromatic rings. The molecule has 0 N–H and O–H groups in total. The molecule has 0 aliphatic rings. The SMILES string of the molecule is COP(=S)(Oc1ccc([N+](=O)[O-])c(C)c1)OC(C)C. The van der Waals surface area contributed by atoms with Gasteiger partial charge in [0, 0.05) is 30.5 Å². The van der Waals surface area contributed by atoms with Gasteiger partial charge in [-0.2, -0.15) is 0 Å². The summed E-state index contributed by atoms with van der Waals surface area (Å²) in [5, 5.41) is 10.7. The molecule has 0 saturated heterocycles. The van der Waals surface area contributed by atoms with E-state index in [1.165, 1.54) is 19.2 Å². The molecule has 0 spiro atoms. The van der Waals surface area contributed by atoms with E-state index in [-0.39, 0.29) is 11.8 Å². The third kappa shape index (κ3) is 4.54. The summed E-state index contributed by atoms with van der Waals surface area (Å²) in [6.07, 6.45) is -0.134. The first-order valence-corrected chi connectivity index (χ1v) is 8.12. The van der Waals surface area contributed by atoms with E-state index in [1.807, 2.05) is 13.8 Å².